The highest BCUT2D eigenvalue weighted by Crippen LogP contribution is 2.19. The van der Waals surface area contributed by atoms with Gasteiger partial charge in [-0.25, -0.2) is 0 Å². The third-order valence-corrected chi connectivity index (χ3v) is 3.13. The van der Waals surface area contributed by atoms with E-state index in [4.69, 9.17) is 4.42 Å². The summed E-state index contributed by atoms with van der Waals surface area (Å²) in [5.41, 5.74) is 0.504. The second-order valence-electron chi connectivity index (χ2n) is 4.30. The van der Waals surface area contributed by atoms with Gasteiger partial charge in [-0.3, -0.25) is 4.79 Å². The molecule has 0 radical (unpaired) electrons. The third-order valence-electron chi connectivity index (χ3n) is 3.13. The summed E-state index contributed by atoms with van der Waals surface area (Å²) in [6.45, 7) is 2.53. The van der Waals surface area contributed by atoms with Gasteiger partial charge in [-0.15, -0.1) is 0 Å². The van der Waals surface area contributed by atoms with Crippen LogP contribution >= 0.6 is 0 Å². The van der Waals surface area contributed by atoms with Gasteiger partial charge >= 0.3 is 0 Å². The van der Waals surface area contributed by atoms with Gasteiger partial charge in [0.1, 0.15) is 5.76 Å². The first kappa shape index (κ1) is 11.7. The zero-order valence-electron chi connectivity index (χ0n) is 9.64. The molecule has 1 aromatic heterocycles. The molecule has 0 saturated carbocycles. The number of piperidine rings is 1. The van der Waals surface area contributed by atoms with Crippen molar-refractivity contribution in [2.45, 2.75) is 19.8 Å². The zero-order valence-corrected chi connectivity index (χ0v) is 9.64. The fourth-order valence-electron chi connectivity index (χ4n) is 2.13. The Labute approximate surface area is 99.0 Å². The monoisotopic (exact) mass is 236 g/mol. The molecule has 2 heterocycles. The summed E-state index contributed by atoms with van der Waals surface area (Å²) < 4.78 is 5.07. The van der Waals surface area contributed by atoms with Crippen LogP contribution in [-0.4, -0.2) is 29.9 Å². The molecule has 0 unspecified atom stereocenters. The number of nitrogens with zero attached hydrogens (tertiary/aromatic N) is 1. The number of hydrogen-bond acceptors (Lipinski definition) is 4. The molecular weight excluding hydrogens is 222 g/mol. The normalized spacial score (nSPS) is 20.3. The van der Waals surface area contributed by atoms with Gasteiger partial charge in [0.2, 0.25) is 0 Å². The summed E-state index contributed by atoms with van der Waals surface area (Å²) in [5.74, 6) is -1.24. The average Bonchev–Trinajstić information content (AvgIpc) is 2.74. The predicted octanol–water partition coefficient (Wildman–Crippen LogP) is 0.190. The molecule has 1 fully saturated rings. The molecule has 1 amide bonds. The van der Waals surface area contributed by atoms with Gasteiger partial charge in [0, 0.05) is 25.0 Å². The Kier molecular flexibility index (Phi) is 3.17. The van der Waals surface area contributed by atoms with Gasteiger partial charge in [0.05, 0.1) is 11.8 Å². The Bertz CT molecular complexity index is 437. The zero-order chi connectivity index (χ0) is 12.4. The second kappa shape index (κ2) is 4.61. The number of carboxylic acids is 1. The number of aliphatic carboxylic acids is 1. The van der Waals surface area contributed by atoms with E-state index in [1.54, 1.807) is 17.9 Å². The van der Waals surface area contributed by atoms with Gasteiger partial charge in [-0.2, -0.15) is 0 Å². The van der Waals surface area contributed by atoms with Crippen molar-refractivity contribution in [1.82, 2.24) is 4.90 Å². The maximum absolute atomic E-state index is 12.1. The first-order chi connectivity index (χ1) is 8.09. The number of carboxylic acid groups (broad SMARTS) is 1. The van der Waals surface area contributed by atoms with Crippen LogP contribution in [0.1, 0.15) is 29.0 Å². The third kappa shape index (κ3) is 2.33. The molecule has 5 nitrogen and oxygen atoms in total. The molecule has 0 aromatic carbocycles. The Hall–Kier alpha value is -1.78. The van der Waals surface area contributed by atoms with Crippen LogP contribution in [0.4, 0.5) is 0 Å². The summed E-state index contributed by atoms with van der Waals surface area (Å²) >= 11 is 0. The highest BCUT2D eigenvalue weighted by molar-refractivity contribution is 5.95. The maximum atomic E-state index is 12.1. The lowest BCUT2D eigenvalue weighted by Crippen LogP contribution is -2.46. The average molecular weight is 236 g/mol. The molecule has 0 spiro atoms. The molecule has 1 aliphatic heterocycles. The molecule has 0 N–H and O–H groups in total. The number of aryl methyl sites for hydroxylation is 1. The molecule has 1 atom stereocenters. The van der Waals surface area contributed by atoms with Crippen molar-refractivity contribution in [3.63, 3.8) is 0 Å². The maximum Gasteiger partial charge on any atom is 0.257 e. The first-order valence-electron chi connectivity index (χ1n) is 5.64. The molecule has 17 heavy (non-hydrogen) atoms. The van der Waals surface area contributed by atoms with E-state index in [2.05, 4.69) is 0 Å². The smallest absolute Gasteiger partial charge is 0.257 e. The van der Waals surface area contributed by atoms with E-state index in [-0.39, 0.29) is 12.5 Å². The Morgan fingerprint density at radius 2 is 2.29 bits per heavy atom. The molecule has 0 bridgehead atoms. The van der Waals surface area contributed by atoms with Gasteiger partial charge < -0.3 is 19.2 Å². The van der Waals surface area contributed by atoms with Crippen LogP contribution in [0, 0.1) is 12.8 Å². The van der Waals surface area contributed by atoms with Crippen molar-refractivity contribution >= 4 is 11.9 Å². The first-order valence-corrected chi connectivity index (χ1v) is 5.64. The highest BCUT2D eigenvalue weighted by Gasteiger charge is 2.26. The molecule has 1 aromatic rings. The molecule has 1 saturated heterocycles. The van der Waals surface area contributed by atoms with Crippen molar-refractivity contribution in [1.29, 1.82) is 0 Å². The fourth-order valence-corrected chi connectivity index (χ4v) is 2.13. The summed E-state index contributed by atoms with van der Waals surface area (Å²) in [7, 11) is 0. The molecule has 92 valence electrons. The Balaban J connectivity index is 2.10. The summed E-state index contributed by atoms with van der Waals surface area (Å²) in [5, 5.41) is 10.8. The van der Waals surface area contributed by atoms with Crippen molar-refractivity contribution in [2.75, 3.05) is 13.1 Å². The number of furan rings is 1. The Morgan fingerprint density at radius 1 is 1.53 bits per heavy atom. The minimum Gasteiger partial charge on any atom is -0.550 e. The number of amides is 1. The van der Waals surface area contributed by atoms with Gasteiger partial charge in [0.25, 0.3) is 5.91 Å². The van der Waals surface area contributed by atoms with Crippen LogP contribution in [0.5, 0.6) is 0 Å². The standard InChI is InChI=1S/C12H15NO4/c1-8-10(4-6-17-8)11(14)13-5-2-3-9(7-13)12(15)16/h4,6,9H,2-3,5,7H2,1H3,(H,15,16)/p-1/t9-/m1/s1. The molecule has 5 heteroatoms. The van der Waals surface area contributed by atoms with Crippen molar-refractivity contribution in [2.24, 2.45) is 5.92 Å². The van der Waals surface area contributed by atoms with E-state index in [0.29, 0.717) is 30.7 Å². The van der Waals surface area contributed by atoms with Crippen LogP contribution in [-0.2, 0) is 4.79 Å². The quantitative estimate of drug-likeness (QED) is 0.734. The van der Waals surface area contributed by atoms with E-state index < -0.39 is 11.9 Å². The lowest BCUT2D eigenvalue weighted by Gasteiger charge is -2.33. The minimum atomic E-state index is -1.08. The number of carbonyl (C=O) groups excluding carboxylic acids is 2. The van der Waals surface area contributed by atoms with Gasteiger partial charge in [-0.05, 0) is 25.8 Å². The van der Waals surface area contributed by atoms with Gasteiger partial charge in [-0.1, -0.05) is 0 Å². The SMILES string of the molecule is Cc1occc1C(=O)N1CCC[C@@H](C(=O)[O-])C1. The molecular formula is C12H14NO4-. The van der Waals surface area contributed by atoms with Crippen molar-refractivity contribution in [3.8, 4) is 0 Å². The van der Waals surface area contributed by atoms with Gasteiger partial charge in [0.15, 0.2) is 0 Å². The van der Waals surface area contributed by atoms with E-state index in [1.807, 2.05) is 0 Å². The largest absolute Gasteiger partial charge is 0.550 e. The topological polar surface area (TPSA) is 73.6 Å². The van der Waals surface area contributed by atoms with E-state index >= 15 is 0 Å². The fraction of sp³-hybridized carbons (Fsp3) is 0.500. The van der Waals surface area contributed by atoms with E-state index in [9.17, 15) is 14.7 Å². The molecule has 0 aliphatic carbocycles. The number of likely N-dealkylation sites (tertiary alicyclic amines) is 1. The number of hydrogen-bond donors (Lipinski definition) is 0. The van der Waals surface area contributed by atoms with Crippen molar-refractivity contribution < 1.29 is 19.1 Å². The highest BCUT2D eigenvalue weighted by atomic mass is 16.4. The van der Waals surface area contributed by atoms with Crippen LogP contribution in [0.2, 0.25) is 0 Å². The Morgan fingerprint density at radius 3 is 2.88 bits per heavy atom. The number of rotatable bonds is 2. The van der Waals surface area contributed by atoms with E-state index in [0.717, 1.165) is 0 Å². The summed E-state index contributed by atoms with van der Waals surface area (Å²) in [4.78, 5) is 24.5. The van der Waals surface area contributed by atoms with E-state index in [1.165, 1.54) is 6.26 Å². The van der Waals surface area contributed by atoms with Crippen LogP contribution < -0.4 is 5.11 Å². The summed E-state index contributed by atoms with van der Waals surface area (Å²) in [6.07, 6.45) is 2.74. The van der Waals surface area contributed by atoms with Crippen LogP contribution in [0.15, 0.2) is 16.7 Å². The minimum absolute atomic E-state index is 0.165. The van der Waals surface area contributed by atoms with Crippen LogP contribution in [0.3, 0.4) is 0 Å². The molecule has 2 rings (SSSR count). The number of carbonyl (C=O) groups is 2. The molecule has 1 aliphatic rings. The lowest BCUT2D eigenvalue weighted by atomic mass is 9.98. The lowest BCUT2D eigenvalue weighted by molar-refractivity contribution is -0.312. The van der Waals surface area contributed by atoms with Crippen molar-refractivity contribution in [3.05, 3.63) is 23.7 Å². The van der Waals surface area contributed by atoms with Crippen LogP contribution in [0.25, 0.3) is 0 Å². The second-order valence-corrected chi connectivity index (χ2v) is 4.30. The summed E-state index contributed by atoms with van der Waals surface area (Å²) in [6, 6.07) is 1.61. The predicted molar refractivity (Wildman–Crippen MR) is 57.1 cm³/mol.